The van der Waals surface area contributed by atoms with Crippen LogP contribution in [0.3, 0.4) is 0 Å². The van der Waals surface area contributed by atoms with E-state index in [9.17, 15) is 4.79 Å². The van der Waals surface area contributed by atoms with Gasteiger partial charge >= 0.3 is 6.09 Å². The van der Waals surface area contributed by atoms with Crippen molar-refractivity contribution in [2.75, 3.05) is 25.5 Å². The lowest BCUT2D eigenvalue weighted by atomic mass is 10.1. The van der Waals surface area contributed by atoms with Gasteiger partial charge in [-0.2, -0.15) is 4.98 Å². The van der Waals surface area contributed by atoms with Gasteiger partial charge in [0.05, 0.1) is 0 Å². The molecule has 2 aromatic rings. The minimum absolute atomic E-state index is 0.270. The Hall–Kier alpha value is -3.10. The maximum Gasteiger partial charge on any atom is 0.412 e. The van der Waals surface area contributed by atoms with Gasteiger partial charge in [-0.3, -0.25) is 10.3 Å². The Morgan fingerprint density at radius 2 is 1.81 bits per heavy atom. The van der Waals surface area contributed by atoms with Crippen molar-refractivity contribution in [2.45, 2.75) is 65.4 Å². The van der Waals surface area contributed by atoms with E-state index in [0.29, 0.717) is 11.6 Å². The summed E-state index contributed by atoms with van der Waals surface area (Å²) >= 11 is 0. The molecule has 9 nitrogen and oxygen atoms in total. The first kappa shape index (κ1) is 25.2. The molecule has 0 aliphatic rings. The number of aromatic nitrogens is 2. The number of hydrogen-bond acceptors (Lipinski definition) is 6. The molecule has 0 bridgehead atoms. The number of nitrogens with one attached hydrogen (secondary N) is 3. The molecule has 0 saturated carbocycles. The van der Waals surface area contributed by atoms with Crippen LogP contribution in [0, 0.1) is 0 Å². The zero-order valence-corrected chi connectivity index (χ0v) is 20.0. The number of guanidine groups is 1. The van der Waals surface area contributed by atoms with Crippen LogP contribution < -0.4 is 16.0 Å². The molecule has 0 spiro atoms. The smallest absolute Gasteiger partial charge is 0.412 e. The van der Waals surface area contributed by atoms with Crippen molar-refractivity contribution in [2.24, 2.45) is 4.99 Å². The number of carbonyl (C=O) groups excluding carboxylic acids is 1. The van der Waals surface area contributed by atoms with Gasteiger partial charge in [0.1, 0.15) is 5.60 Å². The van der Waals surface area contributed by atoms with Crippen LogP contribution in [0.1, 0.15) is 64.2 Å². The molecule has 32 heavy (non-hydrogen) atoms. The number of carbonyl (C=O) groups is 1. The fourth-order valence-corrected chi connectivity index (χ4v) is 2.77. The van der Waals surface area contributed by atoms with Crippen molar-refractivity contribution in [1.29, 1.82) is 0 Å². The van der Waals surface area contributed by atoms with Gasteiger partial charge in [-0.1, -0.05) is 31.1 Å². The highest BCUT2D eigenvalue weighted by atomic mass is 16.6. The molecule has 1 amide bonds. The van der Waals surface area contributed by atoms with Crippen molar-refractivity contribution in [1.82, 2.24) is 20.8 Å². The number of rotatable bonds is 9. The van der Waals surface area contributed by atoms with Gasteiger partial charge in [-0.05, 0) is 51.3 Å². The lowest BCUT2D eigenvalue weighted by Gasteiger charge is -2.19. The van der Waals surface area contributed by atoms with Crippen LogP contribution >= 0.6 is 0 Å². The fourth-order valence-electron chi connectivity index (χ4n) is 2.77. The molecular weight excluding hydrogens is 408 g/mol. The van der Waals surface area contributed by atoms with Crippen molar-refractivity contribution < 1.29 is 14.1 Å². The van der Waals surface area contributed by atoms with Crippen LogP contribution in [-0.2, 0) is 17.6 Å². The lowest BCUT2D eigenvalue weighted by Crippen LogP contribution is -2.38. The van der Waals surface area contributed by atoms with Gasteiger partial charge in [0.15, 0.2) is 11.8 Å². The molecule has 0 unspecified atom stereocenters. The third-order valence-electron chi connectivity index (χ3n) is 4.39. The van der Waals surface area contributed by atoms with Crippen molar-refractivity contribution in [3.63, 3.8) is 0 Å². The number of aliphatic imine (C=N–C) groups is 1. The Bertz CT molecular complexity index is 869. The van der Waals surface area contributed by atoms with E-state index in [2.05, 4.69) is 31.1 Å². The molecule has 1 aromatic carbocycles. The molecule has 2 rings (SSSR count). The van der Waals surface area contributed by atoms with Crippen LogP contribution in [0.2, 0.25) is 0 Å². The van der Waals surface area contributed by atoms with E-state index in [0.717, 1.165) is 49.7 Å². The summed E-state index contributed by atoms with van der Waals surface area (Å²) in [5, 5.41) is 13.3. The van der Waals surface area contributed by atoms with Crippen molar-refractivity contribution >= 4 is 17.7 Å². The standard InChI is InChI=1S/C23H36N6O3/c1-16(2)20-28-19(32-29-20)8-7-14-25-21(24-6)26-15-13-17-9-11-18(12-10-17)27-22(30)31-23(3,4)5/h9-12,16H,7-8,13-15H2,1-6H3,(H,27,30)(H2,24,25,26). The second-order valence-corrected chi connectivity index (χ2v) is 8.80. The third kappa shape index (κ3) is 9.36. The first-order valence-electron chi connectivity index (χ1n) is 11.0. The predicted octanol–water partition coefficient (Wildman–Crippen LogP) is 3.88. The second-order valence-electron chi connectivity index (χ2n) is 8.80. The minimum Gasteiger partial charge on any atom is -0.444 e. The van der Waals surface area contributed by atoms with E-state index in [1.807, 2.05) is 58.9 Å². The van der Waals surface area contributed by atoms with Gasteiger partial charge in [-0.25, -0.2) is 4.79 Å². The topological polar surface area (TPSA) is 114 Å². The molecule has 9 heteroatoms. The normalized spacial score (nSPS) is 12.0. The van der Waals surface area contributed by atoms with E-state index in [1.54, 1.807) is 7.05 Å². The molecule has 1 aromatic heterocycles. The van der Waals surface area contributed by atoms with Gasteiger partial charge in [0.25, 0.3) is 0 Å². The predicted molar refractivity (Wildman–Crippen MR) is 126 cm³/mol. The zero-order valence-electron chi connectivity index (χ0n) is 20.0. The number of aryl methyl sites for hydroxylation is 1. The molecule has 1 heterocycles. The fraction of sp³-hybridized carbons (Fsp3) is 0.565. The van der Waals surface area contributed by atoms with Crippen LogP contribution in [-0.4, -0.2) is 47.9 Å². The molecule has 0 radical (unpaired) electrons. The Kier molecular flexibility index (Phi) is 9.49. The van der Waals surface area contributed by atoms with Gasteiger partial charge in [0.2, 0.25) is 5.89 Å². The SMILES string of the molecule is CN=C(NCCCc1nc(C(C)C)no1)NCCc1ccc(NC(=O)OC(C)(C)C)cc1. The van der Waals surface area contributed by atoms with Crippen molar-refractivity contribution in [3.05, 3.63) is 41.5 Å². The summed E-state index contributed by atoms with van der Waals surface area (Å²) < 4.78 is 10.5. The summed E-state index contributed by atoms with van der Waals surface area (Å²) in [5.41, 5.74) is 1.34. The summed E-state index contributed by atoms with van der Waals surface area (Å²) in [4.78, 5) is 20.5. The first-order valence-corrected chi connectivity index (χ1v) is 11.0. The third-order valence-corrected chi connectivity index (χ3v) is 4.39. The number of hydrogen-bond donors (Lipinski definition) is 3. The number of amides is 1. The maximum atomic E-state index is 11.8. The number of benzene rings is 1. The Morgan fingerprint density at radius 3 is 2.41 bits per heavy atom. The first-order chi connectivity index (χ1) is 15.2. The lowest BCUT2D eigenvalue weighted by molar-refractivity contribution is 0.0636. The monoisotopic (exact) mass is 444 g/mol. The Balaban J connectivity index is 1.66. The van der Waals surface area contributed by atoms with Gasteiger partial charge in [0, 0.05) is 38.2 Å². The quantitative estimate of drug-likeness (QED) is 0.305. The molecule has 0 aliphatic carbocycles. The molecule has 0 saturated heterocycles. The summed E-state index contributed by atoms with van der Waals surface area (Å²) in [5.74, 6) is 2.44. The number of ether oxygens (including phenoxy) is 1. The number of nitrogens with zero attached hydrogens (tertiary/aromatic N) is 3. The van der Waals surface area contributed by atoms with Gasteiger partial charge < -0.3 is 19.9 Å². The largest absolute Gasteiger partial charge is 0.444 e. The van der Waals surface area contributed by atoms with E-state index >= 15 is 0 Å². The summed E-state index contributed by atoms with van der Waals surface area (Å²) in [7, 11) is 1.75. The molecule has 176 valence electrons. The summed E-state index contributed by atoms with van der Waals surface area (Å²) in [6.07, 6.45) is 1.97. The molecular formula is C23H36N6O3. The van der Waals surface area contributed by atoms with Crippen LogP contribution in [0.25, 0.3) is 0 Å². The van der Waals surface area contributed by atoms with E-state index < -0.39 is 11.7 Å². The molecule has 0 fully saturated rings. The van der Waals surface area contributed by atoms with E-state index in [-0.39, 0.29) is 5.92 Å². The summed E-state index contributed by atoms with van der Waals surface area (Å²) in [6, 6.07) is 7.71. The molecule has 0 aliphatic heterocycles. The number of anilines is 1. The van der Waals surface area contributed by atoms with Gasteiger partial charge in [-0.15, -0.1) is 0 Å². The van der Waals surface area contributed by atoms with E-state index in [4.69, 9.17) is 9.26 Å². The Morgan fingerprint density at radius 1 is 1.12 bits per heavy atom. The van der Waals surface area contributed by atoms with Crippen molar-refractivity contribution in [3.8, 4) is 0 Å². The highest BCUT2D eigenvalue weighted by molar-refractivity contribution is 5.84. The molecule has 3 N–H and O–H groups in total. The van der Waals surface area contributed by atoms with E-state index in [1.165, 1.54) is 0 Å². The van der Waals surface area contributed by atoms with Crippen LogP contribution in [0.15, 0.2) is 33.8 Å². The van der Waals surface area contributed by atoms with Crippen LogP contribution in [0.4, 0.5) is 10.5 Å². The average Bonchev–Trinajstić information content (AvgIpc) is 3.19. The Labute approximate surface area is 190 Å². The molecule has 0 atom stereocenters. The summed E-state index contributed by atoms with van der Waals surface area (Å²) in [6.45, 7) is 11.1. The highest BCUT2D eigenvalue weighted by Gasteiger charge is 2.16. The second kappa shape index (κ2) is 12.1. The minimum atomic E-state index is -0.521. The average molecular weight is 445 g/mol. The van der Waals surface area contributed by atoms with Crippen LogP contribution in [0.5, 0.6) is 0 Å². The maximum absolute atomic E-state index is 11.8. The zero-order chi connectivity index (χ0) is 23.6. The highest BCUT2D eigenvalue weighted by Crippen LogP contribution is 2.13.